The summed E-state index contributed by atoms with van der Waals surface area (Å²) in [5, 5.41) is 13.6. The van der Waals surface area contributed by atoms with Gasteiger partial charge in [0.15, 0.2) is 0 Å². The monoisotopic (exact) mass is 480 g/mol. The lowest BCUT2D eigenvalue weighted by atomic mass is 10.0. The van der Waals surface area contributed by atoms with E-state index in [0.29, 0.717) is 28.6 Å². The fourth-order valence-corrected chi connectivity index (χ4v) is 4.14. The van der Waals surface area contributed by atoms with Crippen LogP contribution in [0.4, 0.5) is 0 Å². The van der Waals surface area contributed by atoms with Crippen molar-refractivity contribution in [1.82, 2.24) is 14.9 Å². The molecule has 1 N–H and O–H groups in total. The molecule has 0 bridgehead atoms. The molecule has 0 fully saturated rings. The van der Waals surface area contributed by atoms with E-state index in [9.17, 15) is 5.26 Å². The predicted molar refractivity (Wildman–Crippen MR) is 136 cm³/mol. The molecule has 0 atom stereocenters. The summed E-state index contributed by atoms with van der Waals surface area (Å²) in [7, 11) is 1.91. The number of nitrogens with zero attached hydrogens (tertiary/aromatic N) is 3. The standard InChI is InChI=1S/C21H19N3O2.C5H13NOS/c1-13(2)25-19-10-9-15(11-16(19)12-22)21-23-20(24-26-21)18-8-4-6-14-5-3-7-17(14)18;1-3-7-4-5-8-6-2/h4,6,8-11,13H,3,5,7H2,1-2H3;6H,3-5H2,1-2H3. The molecule has 0 radical (unpaired) electrons. The molecular formula is C26H32N4O3S. The Bertz CT molecular complexity index is 1100. The summed E-state index contributed by atoms with van der Waals surface area (Å²) in [4.78, 5) is 4.57. The lowest BCUT2D eigenvalue weighted by Gasteiger charge is -2.11. The first-order valence-corrected chi connectivity index (χ1v) is 12.6. The third-order valence-electron chi connectivity index (χ3n) is 5.20. The number of aromatic nitrogens is 2. The minimum atomic E-state index is 0.00290. The molecule has 1 aromatic heterocycles. The second kappa shape index (κ2) is 13.1. The maximum atomic E-state index is 9.40. The van der Waals surface area contributed by atoms with Crippen LogP contribution in [0.25, 0.3) is 22.8 Å². The molecule has 8 heteroatoms. The smallest absolute Gasteiger partial charge is 0.258 e. The molecule has 2 aromatic carbocycles. The van der Waals surface area contributed by atoms with Crippen LogP contribution < -0.4 is 9.46 Å². The normalized spacial score (nSPS) is 12.1. The molecule has 4 rings (SSSR count). The number of nitriles is 1. The van der Waals surface area contributed by atoms with Crippen molar-refractivity contribution in [3.8, 4) is 34.7 Å². The van der Waals surface area contributed by atoms with Gasteiger partial charge in [-0.25, -0.2) is 0 Å². The highest BCUT2D eigenvalue weighted by Gasteiger charge is 2.20. The van der Waals surface area contributed by atoms with Crippen molar-refractivity contribution in [2.75, 3.05) is 26.0 Å². The zero-order valence-corrected chi connectivity index (χ0v) is 21.1. The van der Waals surface area contributed by atoms with Crippen molar-refractivity contribution in [2.45, 2.75) is 46.1 Å². The molecule has 1 aliphatic carbocycles. The number of nitrogens with one attached hydrogen (secondary N) is 1. The summed E-state index contributed by atoms with van der Waals surface area (Å²) in [6, 6.07) is 13.8. The number of hydrogen-bond acceptors (Lipinski definition) is 8. The molecule has 1 heterocycles. The largest absolute Gasteiger partial charge is 0.490 e. The molecule has 0 aliphatic heterocycles. The van der Waals surface area contributed by atoms with E-state index in [0.717, 1.165) is 37.4 Å². The van der Waals surface area contributed by atoms with Gasteiger partial charge in [0, 0.05) is 23.5 Å². The first kappa shape index (κ1) is 25.8. The second-order valence-corrected chi connectivity index (χ2v) is 9.06. The highest BCUT2D eigenvalue weighted by atomic mass is 32.2. The van der Waals surface area contributed by atoms with Crippen LogP contribution in [-0.2, 0) is 17.6 Å². The highest BCUT2D eigenvalue weighted by molar-refractivity contribution is 7.97. The molecule has 1 aliphatic rings. The van der Waals surface area contributed by atoms with E-state index in [1.54, 1.807) is 24.1 Å². The average Bonchev–Trinajstić information content (AvgIpc) is 3.52. The van der Waals surface area contributed by atoms with Crippen LogP contribution in [0.15, 0.2) is 40.9 Å². The van der Waals surface area contributed by atoms with Gasteiger partial charge in [0.1, 0.15) is 11.8 Å². The van der Waals surface area contributed by atoms with E-state index < -0.39 is 0 Å². The molecule has 0 amide bonds. The van der Waals surface area contributed by atoms with Crippen LogP contribution in [0.5, 0.6) is 5.75 Å². The Balaban J connectivity index is 0.000000350. The number of ether oxygens (including phenoxy) is 2. The molecule has 0 saturated carbocycles. The minimum Gasteiger partial charge on any atom is -0.490 e. The molecule has 0 unspecified atom stereocenters. The van der Waals surface area contributed by atoms with Gasteiger partial charge in [-0.3, -0.25) is 4.72 Å². The molecule has 180 valence electrons. The molecule has 7 nitrogen and oxygen atoms in total. The van der Waals surface area contributed by atoms with Crippen molar-refractivity contribution in [3.05, 3.63) is 53.1 Å². The Morgan fingerprint density at radius 2 is 2.09 bits per heavy atom. The van der Waals surface area contributed by atoms with Crippen molar-refractivity contribution in [1.29, 1.82) is 5.26 Å². The molecule has 34 heavy (non-hydrogen) atoms. The van der Waals surface area contributed by atoms with E-state index in [4.69, 9.17) is 14.0 Å². The van der Waals surface area contributed by atoms with Gasteiger partial charge >= 0.3 is 0 Å². The maximum Gasteiger partial charge on any atom is 0.258 e. The van der Waals surface area contributed by atoms with Crippen molar-refractivity contribution < 1.29 is 14.0 Å². The summed E-state index contributed by atoms with van der Waals surface area (Å²) < 4.78 is 19.2. The van der Waals surface area contributed by atoms with Crippen molar-refractivity contribution in [3.63, 3.8) is 0 Å². The average molecular weight is 481 g/mol. The van der Waals surface area contributed by atoms with E-state index in [1.807, 2.05) is 46.0 Å². The van der Waals surface area contributed by atoms with Gasteiger partial charge in [-0.2, -0.15) is 10.2 Å². The van der Waals surface area contributed by atoms with Gasteiger partial charge in [-0.15, -0.1) is 0 Å². The number of rotatable bonds is 9. The minimum absolute atomic E-state index is 0.00290. The fourth-order valence-electron chi connectivity index (χ4n) is 3.73. The van der Waals surface area contributed by atoms with Gasteiger partial charge in [0.2, 0.25) is 5.82 Å². The summed E-state index contributed by atoms with van der Waals surface area (Å²) in [5.74, 6) is 2.60. The first-order valence-electron chi connectivity index (χ1n) is 11.6. The van der Waals surface area contributed by atoms with Crippen LogP contribution in [-0.4, -0.2) is 42.3 Å². The predicted octanol–water partition coefficient (Wildman–Crippen LogP) is 5.44. The number of aryl methyl sites for hydroxylation is 1. The SMILES string of the molecule is CC(C)Oc1ccc(-c2nc(-c3cccc4c3CCC4)no2)cc1C#N.CCOCCSNC. The van der Waals surface area contributed by atoms with Crippen LogP contribution in [0.3, 0.4) is 0 Å². The lowest BCUT2D eigenvalue weighted by Crippen LogP contribution is -2.06. The van der Waals surface area contributed by atoms with Gasteiger partial charge < -0.3 is 14.0 Å². The maximum absolute atomic E-state index is 9.40. The van der Waals surface area contributed by atoms with E-state index in [1.165, 1.54) is 17.5 Å². The van der Waals surface area contributed by atoms with Crippen LogP contribution >= 0.6 is 11.9 Å². The van der Waals surface area contributed by atoms with Crippen LogP contribution in [0.2, 0.25) is 0 Å². The van der Waals surface area contributed by atoms with Gasteiger partial charge in [0.25, 0.3) is 5.89 Å². The van der Waals surface area contributed by atoms with Crippen molar-refractivity contribution >= 4 is 11.9 Å². The zero-order chi connectivity index (χ0) is 24.3. The van der Waals surface area contributed by atoms with Crippen LogP contribution in [0.1, 0.15) is 43.9 Å². The van der Waals surface area contributed by atoms with E-state index >= 15 is 0 Å². The molecule has 3 aromatic rings. The Hall–Kier alpha value is -2.86. The zero-order valence-electron chi connectivity index (χ0n) is 20.3. The van der Waals surface area contributed by atoms with Gasteiger partial charge in [-0.05, 0) is 76.4 Å². The fraction of sp³-hybridized carbons (Fsp3) is 0.423. The quantitative estimate of drug-likeness (QED) is 0.320. The Morgan fingerprint density at radius 3 is 2.82 bits per heavy atom. The van der Waals surface area contributed by atoms with Gasteiger partial charge in [0.05, 0.1) is 18.3 Å². The third-order valence-corrected chi connectivity index (χ3v) is 5.86. The lowest BCUT2D eigenvalue weighted by molar-refractivity contribution is 0.164. The summed E-state index contributed by atoms with van der Waals surface area (Å²) >= 11 is 1.67. The Kier molecular flexibility index (Phi) is 9.95. The number of hydrogen-bond donors (Lipinski definition) is 1. The van der Waals surface area contributed by atoms with Crippen molar-refractivity contribution in [2.24, 2.45) is 0 Å². The van der Waals surface area contributed by atoms with E-state index in [-0.39, 0.29) is 6.10 Å². The molecular weight excluding hydrogens is 448 g/mol. The number of fused-ring (bicyclic) bond motifs is 1. The number of benzene rings is 2. The summed E-state index contributed by atoms with van der Waals surface area (Å²) in [6.45, 7) is 7.53. The first-order chi connectivity index (χ1) is 16.6. The summed E-state index contributed by atoms with van der Waals surface area (Å²) in [6.07, 6.45) is 3.33. The molecule has 0 spiro atoms. The second-order valence-electron chi connectivity index (χ2n) is 7.96. The third kappa shape index (κ3) is 6.83. The Labute approximate surface area is 206 Å². The Morgan fingerprint density at radius 1 is 1.24 bits per heavy atom. The van der Waals surface area contributed by atoms with Gasteiger partial charge in [-0.1, -0.05) is 35.3 Å². The topological polar surface area (TPSA) is 93.2 Å². The van der Waals surface area contributed by atoms with Crippen LogP contribution in [0, 0.1) is 11.3 Å². The van der Waals surface area contributed by atoms with E-state index in [2.05, 4.69) is 27.0 Å². The highest BCUT2D eigenvalue weighted by Crippen LogP contribution is 2.32. The molecule has 0 saturated heterocycles. The summed E-state index contributed by atoms with van der Waals surface area (Å²) in [5.41, 5.74) is 4.89.